The lowest BCUT2D eigenvalue weighted by atomic mass is 9.93. The second-order valence-electron chi connectivity index (χ2n) is 8.86. The van der Waals surface area contributed by atoms with Crippen LogP contribution in [0.3, 0.4) is 0 Å². The predicted molar refractivity (Wildman–Crippen MR) is 126 cm³/mol. The van der Waals surface area contributed by atoms with E-state index in [4.69, 9.17) is 15.5 Å². The summed E-state index contributed by atoms with van der Waals surface area (Å²) in [7, 11) is 1.78. The Hall–Kier alpha value is -3.20. The van der Waals surface area contributed by atoms with Crippen LogP contribution >= 0.6 is 0 Å². The zero-order valence-corrected chi connectivity index (χ0v) is 19.0. The quantitative estimate of drug-likeness (QED) is 0.489. The molecule has 168 valence electrons. The van der Waals surface area contributed by atoms with Crippen molar-refractivity contribution in [1.82, 2.24) is 29.1 Å². The highest BCUT2D eigenvalue weighted by Gasteiger charge is 2.22. The van der Waals surface area contributed by atoms with Gasteiger partial charge in [0, 0.05) is 31.0 Å². The van der Waals surface area contributed by atoms with Crippen molar-refractivity contribution in [1.29, 1.82) is 0 Å². The van der Waals surface area contributed by atoms with Gasteiger partial charge in [-0.1, -0.05) is 0 Å². The Morgan fingerprint density at radius 2 is 1.88 bits per heavy atom. The first kappa shape index (κ1) is 20.7. The van der Waals surface area contributed by atoms with Crippen molar-refractivity contribution < 1.29 is 4.74 Å². The van der Waals surface area contributed by atoms with Gasteiger partial charge in [0.2, 0.25) is 5.95 Å². The third kappa shape index (κ3) is 3.56. The summed E-state index contributed by atoms with van der Waals surface area (Å²) >= 11 is 0. The molecule has 1 saturated carbocycles. The fourth-order valence-electron chi connectivity index (χ4n) is 4.80. The van der Waals surface area contributed by atoms with E-state index < -0.39 is 0 Å². The van der Waals surface area contributed by atoms with E-state index in [2.05, 4.69) is 38.8 Å². The Morgan fingerprint density at radius 1 is 1.09 bits per heavy atom. The van der Waals surface area contributed by atoms with E-state index in [1.54, 1.807) is 11.6 Å². The number of aromatic nitrogens is 6. The molecular weight excluding hydrogens is 404 g/mol. The molecule has 0 atom stereocenters. The summed E-state index contributed by atoms with van der Waals surface area (Å²) in [5.74, 6) is 1.94. The molecule has 1 fully saturated rings. The first-order valence-electron chi connectivity index (χ1n) is 11.2. The number of nitrogens with zero attached hydrogens (tertiary/aromatic N) is 6. The normalized spacial score (nSPS) is 19.3. The number of fused-ring (bicyclic) bond motifs is 2. The molecule has 1 aliphatic carbocycles. The van der Waals surface area contributed by atoms with Crippen molar-refractivity contribution in [2.45, 2.75) is 64.6 Å². The highest BCUT2D eigenvalue weighted by Crippen LogP contribution is 2.30. The number of ether oxygens (including phenoxy) is 1. The number of nitrogens with one attached hydrogen (secondary N) is 1. The van der Waals surface area contributed by atoms with E-state index in [0.717, 1.165) is 59.4 Å². The summed E-state index contributed by atoms with van der Waals surface area (Å²) in [4.78, 5) is 14.1. The molecule has 4 heterocycles. The molecule has 4 aromatic heterocycles. The zero-order valence-electron chi connectivity index (χ0n) is 19.0. The summed E-state index contributed by atoms with van der Waals surface area (Å²) in [5, 5.41) is 8.11. The van der Waals surface area contributed by atoms with Gasteiger partial charge in [0.1, 0.15) is 16.9 Å². The van der Waals surface area contributed by atoms with Crippen molar-refractivity contribution in [3.63, 3.8) is 0 Å². The fraction of sp³-hybridized carbons (Fsp3) is 0.478. The second-order valence-corrected chi connectivity index (χ2v) is 8.86. The van der Waals surface area contributed by atoms with Gasteiger partial charge in [-0.3, -0.25) is 0 Å². The number of hydrogen-bond donors (Lipinski definition) is 2. The average Bonchev–Trinajstić information content (AvgIpc) is 3.34. The van der Waals surface area contributed by atoms with Crippen LogP contribution in [0.5, 0.6) is 0 Å². The minimum atomic E-state index is 0.273. The Kier molecular flexibility index (Phi) is 5.21. The maximum absolute atomic E-state index is 6.41. The largest absolute Gasteiger partial charge is 0.382 e. The molecule has 0 aromatic carbocycles. The first-order valence-corrected chi connectivity index (χ1v) is 11.2. The number of anilines is 2. The predicted octanol–water partition coefficient (Wildman–Crippen LogP) is 3.98. The Morgan fingerprint density at radius 3 is 2.59 bits per heavy atom. The van der Waals surface area contributed by atoms with Gasteiger partial charge in [0.05, 0.1) is 11.8 Å². The van der Waals surface area contributed by atoms with Gasteiger partial charge in [0.15, 0.2) is 11.5 Å². The van der Waals surface area contributed by atoms with Crippen molar-refractivity contribution in [2.24, 2.45) is 0 Å². The SMILES string of the molecule is COC1CCC(Nc2nc(N)c3c(-c4ccc5nc(C)n(C(C)C)c5n4)ccn3n2)CC1. The summed E-state index contributed by atoms with van der Waals surface area (Å²) in [5.41, 5.74) is 10.7. The lowest BCUT2D eigenvalue weighted by molar-refractivity contribution is 0.0681. The third-order valence-corrected chi connectivity index (χ3v) is 6.38. The molecule has 4 aromatic rings. The van der Waals surface area contributed by atoms with Crippen LogP contribution in [0.15, 0.2) is 24.4 Å². The number of rotatable bonds is 5. The van der Waals surface area contributed by atoms with Crippen LogP contribution in [0.4, 0.5) is 11.8 Å². The van der Waals surface area contributed by atoms with E-state index in [-0.39, 0.29) is 6.04 Å². The lowest BCUT2D eigenvalue weighted by Crippen LogP contribution is -2.30. The minimum absolute atomic E-state index is 0.273. The number of methoxy groups -OCH3 is 1. The zero-order chi connectivity index (χ0) is 22.4. The summed E-state index contributed by atoms with van der Waals surface area (Å²) in [6.07, 6.45) is 6.41. The van der Waals surface area contributed by atoms with Gasteiger partial charge in [-0.2, -0.15) is 4.98 Å². The molecule has 9 heteroatoms. The van der Waals surface area contributed by atoms with Crippen LogP contribution in [-0.4, -0.2) is 48.4 Å². The van der Waals surface area contributed by atoms with E-state index in [1.807, 2.05) is 31.3 Å². The van der Waals surface area contributed by atoms with E-state index in [9.17, 15) is 0 Å². The molecule has 32 heavy (non-hydrogen) atoms. The molecule has 9 nitrogen and oxygen atoms in total. The second kappa shape index (κ2) is 8.05. The van der Waals surface area contributed by atoms with Crippen LogP contribution in [0.25, 0.3) is 27.9 Å². The molecule has 0 saturated heterocycles. The molecule has 0 bridgehead atoms. The Balaban J connectivity index is 1.48. The Labute approximate surface area is 187 Å². The molecule has 0 aliphatic heterocycles. The maximum Gasteiger partial charge on any atom is 0.243 e. The monoisotopic (exact) mass is 434 g/mol. The summed E-state index contributed by atoms with van der Waals surface area (Å²) in [6.45, 7) is 6.29. The topological polar surface area (TPSA) is 108 Å². The van der Waals surface area contributed by atoms with Crippen molar-refractivity contribution in [3.8, 4) is 11.3 Å². The molecule has 1 aliphatic rings. The number of hydrogen-bond acceptors (Lipinski definition) is 7. The minimum Gasteiger partial charge on any atom is -0.382 e. The van der Waals surface area contributed by atoms with Crippen LogP contribution in [0.1, 0.15) is 51.4 Å². The van der Waals surface area contributed by atoms with Gasteiger partial charge in [0.25, 0.3) is 0 Å². The first-order chi connectivity index (χ1) is 15.4. The molecule has 0 radical (unpaired) electrons. The molecule has 0 amide bonds. The molecule has 0 spiro atoms. The number of pyridine rings is 1. The fourth-order valence-corrected chi connectivity index (χ4v) is 4.80. The maximum atomic E-state index is 6.41. The third-order valence-electron chi connectivity index (χ3n) is 6.38. The van der Waals surface area contributed by atoms with E-state index >= 15 is 0 Å². The van der Waals surface area contributed by atoms with Crippen molar-refractivity contribution in [3.05, 3.63) is 30.2 Å². The van der Waals surface area contributed by atoms with Gasteiger partial charge >= 0.3 is 0 Å². The van der Waals surface area contributed by atoms with Gasteiger partial charge in [-0.05, 0) is 64.7 Å². The summed E-state index contributed by atoms with van der Waals surface area (Å²) in [6, 6.07) is 6.59. The highest BCUT2D eigenvalue weighted by molar-refractivity contribution is 5.88. The smallest absolute Gasteiger partial charge is 0.243 e. The van der Waals surface area contributed by atoms with Gasteiger partial charge in [-0.15, -0.1) is 5.10 Å². The number of imidazole rings is 1. The number of aryl methyl sites for hydroxylation is 1. The average molecular weight is 435 g/mol. The number of nitrogen functional groups attached to an aromatic ring is 1. The van der Waals surface area contributed by atoms with Crippen LogP contribution in [0.2, 0.25) is 0 Å². The van der Waals surface area contributed by atoms with Crippen LogP contribution in [0, 0.1) is 6.92 Å². The van der Waals surface area contributed by atoms with Gasteiger partial charge in [-0.25, -0.2) is 14.5 Å². The van der Waals surface area contributed by atoms with E-state index in [0.29, 0.717) is 23.9 Å². The summed E-state index contributed by atoms with van der Waals surface area (Å²) < 4.78 is 9.40. The highest BCUT2D eigenvalue weighted by atomic mass is 16.5. The molecule has 0 unspecified atom stereocenters. The standard InChI is InChI=1S/C23H30N8O/c1-13(2)31-14(3)25-19-10-9-18(27-22(19)31)17-11-12-30-20(17)21(24)28-23(29-30)26-15-5-7-16(32-4)8-6-15/h9-13,15-16H,5-8H2,1-4H3,(H3,24,26,28,29). The molecular formula is C23H30N8O. The number of nitrogens with two attached hydrogens (primary N) is 1. The van der Waals surface area contributed by atoms with Gasteiger partial charge < -0.3 is 20.4 Å². The molecule has 5 rings (SSSR count). The van der Waals surface area contributed by atoms with E-state index in [1.165, 1.54) is 0 Å². The Bertz CT molecular complexity index is 1270. The van der Waals surface area contributed by atoms with Crippen molar-refractivity contribution in [2.75, 3.05) is 18.2 Å². The van der Waals surface area contributed by atoms with Crippen LogP contribution in [-0.2, 0) is 4.74 Å². The molecule has 3 N–H and O–H groups in total. The van der Waals surface area contributed by atoms with Crippen molar-refractivity contribution >= 4 is 28.4 Å². The lowest BCUT2D eigenvalue weighted by Gasteiger charge is -2.28. The van der Waals surface area contributed by atoms with Crippen LogP contribution < -0.4 is 11.1 Å².